The quantitative estimate of drug-likeness (QED) is 0.134. The third-order valence-corrected chi connectivity index (χ3v) is 12.8. The van der Waals surface area contributed by atoms with E-state index in [1.807, 2.05) is 50.3 Å². The zero-order valence-corrected chi connectivity index (χ0v) is 40.7. The smallest absolute Gasteiger partial charge is 0.314 e. The summed E-state index contributed by atoms with van der Waals surface area (Å²) in [5.41, 5.74) is 6.09. The molecule has 0 aromatic rings. The van der Waals surface area contributed by atoms with E-state index in [1.54, 1.807) is 69.4 Å². The summed E-state index contributed by atoms with van der Waals surface area (Å²) in [6.07, 6.45) is 5.89. The molecule has 2 bridgehead atoms. The molecule has 0 aromatic carbocycles. The number of carbonyl (C=O) groups excluding carboxylic acids is 2. The van der Waals surface area contributed by atoms with Gasteiger partial charge in [-0.2, -0.15) is 0 Å². The molecule has 0 radical (unpaired) electrons. The number of unbranched alkanes of at least 4 members (excludes halogenated alkanes) is 1. The van der Waals surface area contributed by atoms with E-state index in [2.05, 4.69) is 0 Å². The fourth-order valence-corrected chi connectivity index (χ4v) is 8.37. The number of hydrogen-bond acceptors (Lipinski definition) is 18. The number of aliphatic hydroxyl groups is 10. The summed E-state index contributed by atoms with van der Waals surface area (Å²) in [5.74, 6) is -5.87. The van der Waals surface area contributed by atoms with Crippen molar-refractivity contribution in [2.75, 3.05) is 6.61 Å². The van der Waals surface area contributed by atoms with Crippen LogP contribution in [0.2, 0.25) is 0 Å². The van der Waals surface area contributed by atoms with E-state index >= 15 is 0 Å². The summed E-state index contributed by atoms with van der Waals surface area (Å²) in [7, 11) is 0. The summed E-state index contributed by atoms with van der Waals surface area (Å²) in [6.45, 7) is 8.76. The molecule has 3 aliphatic rings. The first-order chi connectivity index (χ1) is 32.7. The zero-order chi connectivity index (χ0) is 51.3. The molecule has 12 N–H and O–H groups in total. The molecule has 0 spiro atoms. The molecule has 2 fully saturated rings. The maximum Gasteiger partial charge on any atom is 0.314 e. The van der Waals surface area contributed by atoms with Gasteiger partial charge in [0.05, 0.1) is 86.2 Å². The Hall–Kier alpha value is -3.44. The molecule has 19 atom stereocenters. The maximum atomic E-state index is 13.6. The third kappa shape index (κ3) is 20.7. The molecule has 392 valence electrons. The van der Waals surface area contributed by atoms with Crippen molar-refractivity contribution in [2.24, 2.45) is 23.5 Å². The van der Waals surface area contributed by atoms with Crippen LogP contribution >= 0.6 is 0 Å². The minimum atomic E-state index is -2.28. The predicted octanol–water partition coefficient (Wildman–Crippen LogP) is 1.97. The summed E-state index contributed by atoms with van der Waals surface area (Å²) in [6, 6.07) is -1.13. The maximum absolute atomic E-state index is 13.6. The van der Waals surface area contributed by atoms with E-state index < -0.39 is 147 Å². The Balaban J connectivity index is 1.92. The van der Waals surface area contributed by atoms with Gasteiger partial charge >= 0.3 is 11.9 Å². The molecule has 0 aromatic heterocycles. The van der Waals surface area contributed by atoms with Crippen molar-refractivity contribution < 1.29 is 84.3 Å². The molecular formula is C51H81NO17. The van der Waals surface area contributed by atoms with Gasteiger partial charge in [0, 0.05) is 37.5 Å². The second-order valence-electron chi connectivity index (χ2n) is 18.8. The second-order valence-corrected chi connectivity index (χ2v) is 18.8. The van der Waals surface area contributed by atoms with E-state index in [1.165, 1.54) is 0 Å². The number of carbonyl (C=O) groups is 2. The SMILES string of the molecule is CCCCOC(=O)[C@H]1C2C[C@@H](OC3O[C@H](C)[C@@H](O)[C@H](N)[C@H]3O)/C=C/C=C/C=C/C=C/C=C/C=C/C=C/[C@H](C)[C@@H](O)[C@@H](C)[C@H](C)OC(=O)C[C@H](O)C[C@H](O)CC[C@@H](O)[C@H](O)C[C@H](O)C[C@](O)(C[C@@H]1O)O2. The van der Waals surface area contributed by atoms with Crippen molar-refractivity contribution in [1.29, 1.82) is 0 Å². The van der Waals surface area contributed by atoms with Crippen molar-refractivity contribution in [3.63, 3.8) is 0 Å². The first kappa shape index (κ1) is 59.9. The van der Waals surface area contributed by atoms with Crippen LogP contribution in [-0.4, -0.2) is 167 Å². The number of esters is 2. The lowest BCUT2D eigenvalue weighted by molar-refractivity contribution is -0.309. The lowest BCUT2D eigenvalue weighted by Gasteiger charge is -2.45. The fourth-order valence-electron chi connectivity index (χ4n) is 8.37. The lowest BCUT2D eigenvalue weighted by atomic mass is 9.82. The molecule has 3 heterocycles. The van der Waals surface area contributed by atoms with Crippen LogP contribution in [0.4, 0.5) is 0 Å². The lowest BCUT2D eigenvalue weighted by Crippen LogP contribution is -2.61. The number of aliphatic hydroxyl groups excluding tert-OH is 9. The number of allylic oxidation sites excluding steroid dienone is 12. The van der Waals surface area contributed by atoms with Gasteiger partial charge in [0.25, 0.3) is 0 Å². The zero-order valence-electron chi connectivity index (χ0n) is 40.7. The van der Waals surface area contributed by atoms with E-state index in [-0.39, 0.29) is 38.2 Å². The van der Waals surface area contributed by atoms with Gasteiger partial charge in [-0.15, -0.1) is 0 Å². The monoisotopic (exact) mass is 980 g/mol. The summed E-state index contributed by atoms with van der Waals surface area (Å²) in [5, 5.41) is 109. The highest BCUT2D eigenvalue weighted by atomic mass is 16.7. The van der Waals surface area contributed by atoms with Crippen LogP contribution < -0.4 is 5.73 Å². The summed E-state index contributed by atoms with van der Waals surface area (Å²) in [4.78, 5) is 26.2. The minimum Gasteiger partial charge on any atom is -0.465 e. The van der Waals surface area contributed by atoms with E-state index in [0.29, 0.717) is 6.42 Å². The Morgan fingerprint density at radius 1 is 0.696 bits per heavy atom. The van der Waals surface area contributed by atoms with Gasteiger partial charge in [-0.05, 0) is 39.5 Å². The third-order valence-electron chi connectivity index (χ3n) is 12.8. The van der Waals surface area contributed by atoms with Crippen LogP contribution in [0.15, 0.2) is 85.1 Å². The summed E-state index contributed by atoms with van der Waals surface area (Å²) >= 11 is 0. The largest absolute Gasteiger partial charge is 0.465 e. The Morgan fingerprint density at radius 2 is 1.29 bits per heavy atom. The van der Waals surface area contributed by atoms with E-state index in [0.717, 1.165) is 6.42 Å². The van der Waals surface area contributed by atoms with Crippen LogP contribution in [0.5, 0.6) is 0 Å². The highest BCUT2D eigenvalue weighted by Gasteiger charge is 2.51. The molecule has 18 heteroatoms. The average Bonchev–Trinajstić information content (AvgIpc) is 3.27. The highest BCUT2D eigenvalue weighted by Crippen LogP contribution is 2.39. The molecule has 3 aliphatic heterocycles. The van der Waals surface area contributed by atoms with Crippen molar-refractivity contribution in [1.82, 2.24) is 0 Å². The van der Waals surface area contributed by atoms with Gasteiger partial charge in [-0.3, -0.25) is 9.59 Å². The van der Waals surface area contributed by atoms with E-state index in [4.69, 9.17) is 29.4 Å². The Kier molecular flexibility index (Phi) is 26.4. The van der Waals surface area contributed by atoms with Crippen LogP contribution in [0, 0.1) is 17.8 Å². The minimum absolute atomic E-state index is 0.0593. The normalized spacial score (nSPS) is 43.5. The molecule has 69 heavy (non-hydrogen) atoms. The van der Waals surface area contributed by atoms with Gasteiger partial charge in [-0.25, -0.2) is 0 Å². The molecule has 0 saturated carbocycles. The highest BCUT2D eigenvalue weighted by molar-refractivity contribution is 5.74. The molecule has 0 amide bonds. The molecule has 2 unspecified atom stereocenters. The fraction of sp³-hybridized carbons (Fsp3) is 0.686. The van der Waals surface area contributed by atoms with Crippen molar-refractivity contribution >= 4 is 11.9 Å². The van der Waals surface area contributed by atoms with Crippen molar-refractivity contribution in [3.05, 3.63) is 85.1 Å². The van der Waals surface area contributed by atoms with Crippen LogP contribution in [-0.2, 0) is 33.3 Å². The number of hydrogen-bond donors (Lipinski definition) is 11. The van der Waals surface area contributed by atoms with Gasteiger partial charge < -0.3 is 80.5 Å². The first-order valence-electron chi connectivity index (χ1n) is 24.3. The molecular weight excluding hydrogens is 899 g/mol. The van der Waals surface area contributed by atoms with Gasteiger partial charge in [0.15, 0.2) is 12.1 Å². The Labute approximate surface area is 406 Å². The predicted molar refractivity (Wildman–Crippen MR) is 255 cm³/mol. The number of ether oxygens (including phenoxy) is 5. The molecule has 3 rings (SSSR count). The molecule has 2 saturated heterocycles. The van der Waals surface area contributed by atoms with E-state index in [9.17, 15) is 60.7 Å². The van der Waals surface area contributed by atoms with Crippen LogP contribution in [0.1, 0.15) is 98.8 Å². The van der Waals surface area contributed by atoms with Gasteiger partial charge in [0.1, 0.15) is 18.1 Å². The topological polar surface area (TPSA) is 309 Å². The molecule has 0 aliphatic carbocycles. The Morgan fingerprint density at radius 3 is 1.90 bits per heavy atom. The van der Waals surface area contributed by atoms with Crippen molar-refractivity contribution in [2.45, 2.75) is 196 Å². The Bertz CT molecular complexity index is 1730. The standard InChI is InChI=1S/C51H81NO17/c1-6-7-24-65-49(63)44-41(58)30-51(64)29-37(55)26-40(57)39(56)23-22-35(53)25-36(54)27-43(59)66-33(4)32(3)46(60)31(2)20-18-16-14-12-10-8-9-11-13-15-17-19-21-38(28-42(44)69-51)68-50-48(62)45(52)47(61)34(5)67-50/h8-21,31-42,44-48,50,53-58,60-62,64H,6-7,22-30,52H2,1-5H3/b9-8+,12-10+,13-11+,16-14+,17-15+,20-18+,21-19+/t31-,32-,33-,34+,35+,36+,37-,38-,39+,40+,41-,42?,44+,45-,46+,47+,48+,50?,51+/m0/s1. The van der Waals surface area contributed by atoms with Gasteiger partial charge in [0.2, 0.25) is 0 Å². The summed E-state index contributed by atoms with van der Waals surface area (Å²) < 4.78 is 29.1. The molecule has 18 nitrogen and oxygen atoms in total. The van der Waals surface area contributed by atoms with Gasteiger partial charge in [-0.1, -0.05) is 112 Å². The number of rotatable bonds is 6. The first-order valence-corrected chi connectivity index (χ1v) is 24.3. The number of fused-ring (bicyclic) bond motifs is 2. The number of cyclic esters (lactones) is 1. The van der Waals surface area contributed by atoms with Crippen molar-refractivity contribution in [3.8, 4) is 0 Å². The number of nitrogens with two attached hydrogens (primary N) is 1. The average molecular weight is 980 g/mol. The van der Waals surface area contributed by atoms with Crippen LogP contribution in [0.25, 0.3) is 0 Å². The van der Waals surface area contributed by atoms with Crippen LogP contribution in [0.3, 0.4) is 0 Å². The second kappa shape index (κ2) is 30.4.